The molecule has 2 aromatic heterocycles. The summed E-state index contributed by atoms with van der Waals surface area (Å²) in [6.45, 7) is 1.36. The second-order valence-corrected chi connectivity index (χ2v) is 3.42. The second-order valence-electron chi connectivity index (χ2n) is 3.15. The maximum absolute atomic E-state index is 5.83. The van der Waals surface area contributed by atoms with E-state index in [0.29, 0.717) is 12.5 Å². The van der Waals surface area contributed by atoms with Crippen molar-refractivity contribution in [2.75, 3.05) is 13.7 Å². The van der Waals surface area contributed by atoms with Crippen LogP contribution in [-0.4, -0.2) is 28.3 Å². The van der Waals surface area contributed by atoms with Crippen molar-refractivity contribution >= 4 is 22.8 Å². The molecule has 15 heavy (non-hydrogen) atoms. The van der Waals surface area contributed by atoms with Crippen LogP contribution in [0.15, 0.2) is 18.3 Å². The zero-order valence-corrected chi connectivity index (χ0v) is 9.24. The predicted octanol–water partition coefficient (Wildman–Crippen LogP) is 1.82. The number of methoxy groups -OCH3 is 1. The molecule has 0 aliphatic heterocycles. The van der Waals surface area contributed by atoms with Crippen LogP contribution in [0.4, 0.5) is 0 Å². The highest BCUT2D eigenvalue weighted by Gasteiger charge is 2.09. The van der Waals surface area contributed by atoms with Gasteiger partial charge in [-0.2, -0.15) is 0 Å². The zero-order chi connectivity index (χ0) is 10.7. The Morgan fingerprint density at radius 1 is 1.53 bits per heavy atom. The maximum atomic E-state index is 5.83. The number of halogens is 1. The molecule has 2 aromatic rings. The molecule has 80 valence electrons. The molecule has 0 unspecified atom stereocenters. The van der Waals surface area contributed by atoms with E-state index in [1.165, 1.54) is 0 Å². The normalized spacial score (nSPS) is 11.1. The molecule has 0 radical (unpaired) electrons. The van der Waals surface area contributed by atoms with Crippen molar-refractivity contribution in [2.24, 2.45) is 0 Å². The van der Waals surface area contributed by atoms with Crippen molar-refractivity contribution in [3.8, 4) is 0 Å². The molecule has 4 nitrogen and oxygen atoms in total. The molecule has 0 saturated carbocycles. The van der Waals surface area contributed by atoms with E-state index in [1.54, 1.807) is 13.3 Å². The smallest absolute Gasteiger partial charge is 0.160 e. The Morgan fingerprint density at radius 3 is 3.13 bits per heavy atom. The van der Waals surface area contributed by atoms with Gasteiger partial charge in [-0.3, -0.25) is 0 Å². The molecule has 2 heterocycles. The third kappa shape index (κ3) is 1.96. The van der Waals surface area contributed by atoms with Gasteiger partial charge in [0.1, 0.15) is 11.3 Å². The van der Waals surface area contributed by atoms with Crippen molar-refractivity contribution in [3.05, 3.63) is 24.2 Å². The number of hydrogen-bond donors (Lipinski definition) is 0. The third-order valence-electron chi connectivity index (χ3n) is 2.22. The average molecular weight is 226 g/mol. The summed E-state index contributed by atoms with van der Waals surface area (Å²) in [7, 11) is 1.67. The summed E-state index contributed by atoms with van der Waals surface area (Å²) >= 11 is 5.83. The minimum absolute atomic E-state index is 0.389. The Kier molecular flexibility index (Phi) is 3.18. The Bertz CT molecular complexity index is 455. The minimum Gasteiger partial charge on any atom is -0.383 e. The van der Waals surface area contributed by atoms with Gasteiger partial charge >= 0.3 is 0 Å². The van der Waals surface area contributed by atoms with Crippen LogP contribution in [0.25, 0.3) is 11.2 Å². The molecule has 0 aliphatic carbocycles. The van der Waals surface area contributed by atoms with Gasteiger partial charge in [0, 0.05) is 19.9 Å². The van der Waals surface area contributed by atoms with Gasteiger partial charge in [-0.05, 0) is 12.1 Å². The lowest BCUT2D eigenvalue weighted by Gasteiger charge is -2.05. The number of imidazole rings is 1. The summed E-state index contributed by atoms with van der Waals surface area (Å²) in [4.78, 5) is 8.69. The number of alkyl halides is 1. The lowest BCUT2D eigenvalue weighted by molar-refractivity contribution is 0.187. The van der Waals surface area contributed by atoms with Gasteiger partial charge in [0.15, 0.2) is 5.65 Å². The minimum atomic E-state index is 0.389. The molecule has 0 aromatic carbocycles. The first kappa shape index (κ1) is 10.4. The fraction of sp³-hybridized carbons (Fsp3) is 0.400. The molecule has 0 spiro atoms. The molecule has 0 atom stereocenters. The van der Waals surface area contributed by atoms with E-state index in [0.717, 1.165) is 23.5 Å². The number of nitrogens with zero attached hydrogens (tertiary/aromatic N) is 3. The largest absolute Gasteiger partial charge is 0.383 e. The van der Waals surface area contributed by atoms with E-state index < -0.39 is 0 Å². The quantitative estimate of drug-likeness (QED) is 0.746. The predicted molar refractivity (Wildman–Crippen MR) is 59.0 cm³/mol. The highest BCUT2D eigenvalue weighted by Crippen LogP contribution is 2.14. The first-order chi connectivity index (χ1) is 7.36. The van der Waals surface area contributed by atoms with E-state index in [2.05, 4.69) is 9.97 Å². The SMILES string of the molecule is COCCn1c(CCl)nc2cccnc21. The van der Waals surface area contributed by atoms with Crippen LogP contribution in [0.1, 0.15) is 5.82 Å². The lowest BCUT2D eigenvalue weighted by atomic mass is 10.4. The van der Waals surface area contributed by atoms with Crippen LogP contribution < -0.4 is 0 Å². The molecule has 0 saturated heterocycles. The van der Waals surface area contributed by atoms with Crippen molar-refractivity contribution in [1.29, 1.82) is 0 Å². The molecular formula is C10H12ClN3O. The maximum Gasteiger partial charge on any atom is 0.160 e. The first-order valence-corrected chi connectivity index (χ1v) is 5.25. The van der Waals surface area contributed by atoms with Crippen LogP contribution in [0.5, 0.6) is 0 Å². The van der Waals surface area contributed by atoms with Gasteiger partial charge < -0.3 is 9.30 Å². The lowest BCUT2D eigenvalue weighted by Crippen LogP contribution is -2.07. The van der Waals surface area contributed by atoms with Crippen molar-refractivity contribution in [1.82, 2.24) is 14.5 Å². The highest BCUT2D eigenvalue weighted by molar-refractivity contribution is 6.16. The molecule has 0 bridgehead atoms. The average Bonchev–Trinajstić information content (AvgIpc) is 2.64. The second kappa shape index (κ2) is 4.59. The van der Waals surface area contributed by atoms with Gasteiger partial charge in [0.2, 0.25) is 0 Å². The molecule has 2 rings (SSSR count). The van der Waals surface area contributed by atoms with Crippen LogP contribution in [0.3, 0.4) is 0 Å². The fourth-order valence-electron chi connectivity index (χ4n) is 1.52. The number of aromatic nitrogens is 3. The Balaban J connectivity index is 2.47. The number of hydrogen-bond acceptors (Lipinski definition) is 3. The Morgan fingerprint density at radius 2 is 2.40 bits per heavy atom. The summed E-state index contributed by atoms with van der Waals surface area (Å²) in [6, 6.07) is 3.80. The van der Waals surface area contributed by atoms with Crippen LogP contribution in [0.2, 0.25) is 0 Å². The van der Waals surface area contributed by atoms with Crippen molar-refractivity contribution in [3.63, 3.8) is 0 Å². The van der Waals surface area contributed by atoms with Crippen LogP contribution in [0, 0.1) is 0 Å². The van der Waals surface area contributed by atoms with Gasteiger partial charge in [0.05, 0.1) is 12.5 Å². The zero-order valence-electron chi connectivity index (χ0n) is 8.48. The van der Waals surface area contributed by atoms with Crippen LogP contribution in [-0.2, 0) is 17.2 Å². The van der Waals surface area contributed by atoms with E-state index >= 15 is 0 Å². The molecule has 0 fully saturated rings. The number of ether oxygens (including phenoxy) is 1. The van der Waals surface area contributed by atoms with Gasteiger partial charge in [-0.25, -0.2) is 9.97 Å². The van der Waals surface area contributed by atoms with Crippen molar-refractivity contribution < 1.29 is 4.74 Å². The first-order valence-electron chi connectivity index (χ1n) is 4.72. The summed E-state index contributed by atoms with van der Waals surface area (Å²) < 4.78 is 7.04. The van der Waals surface area contributed by atoms with Crippen LogP contribution >= 0.6 is 11.6 Å². The summed E-state index contributed by atoms with van der Waals surface area (Å²) in [5.41, 5.74) is 1.74. The fourth-order valence-corrected chi connectivity index (χ4v) is 1.73. The van der Waals surface area contributed by atoms with Gasteiger partial charge in [-0.1, -0.05) is 0 Å². The van der Waals surface area contributed by atoms with E-state index in [-0.39, 0.29) is 0 Å². The summed E-state index contributed by atoms with van der Waals surface area (Å²) in [5.74, 6) is 1.22. The monoisotopic (exact) mass is 225 g/mol. The highest BCUT2D eigenvalue weighted by atomic mass is 35.5. The Hall–Kier alpha value is -1.13. The molecule has 0 aliphatic rings. The van der Waals surface area contributed by atoms with E-state index in [9.17, 15) is 0 Å². The van der Waals surface area contributed by atoms with E-state index in [1.807, 2.05) is 16.7 Å². The molecule has 5 heteroatoms. The number of fused-ring (bicyclic) bond motifs is 1. The third-order valence-corrected chi connectivity index (χ3v) is 2.46. The molecule has 0 amide bonds. The summed E-state index contributed by atoms with van der Waals surface area (Å²) in [5, 5.41) is 0. The summed E-state index contributed by atoms with van der Waals surface area (Å²) in [6.07, 6.45) is 1.76. The topological polar surface area (TPSA) is 39.9 Å². The van der Waals surface area contributed by atoms with Crippen molar-refractivity contribution in [2.45, 2.75) is 12.4 Å². The van der Waals surface area contributed by atoms with Gasteiger partial charge in [0.25, 0.3) is 0 Å². The van der Waals surface area contributed by atoms with E-state index in [4.69, 9.17) is 16.3 Å². The number of pyridine rings is 1. The standard InChI is InChI=1S/C10H12ClN3O/c1-15-6-5-14-9(7-11)13-8-3-2-4-12-10(8)14/h2-4H,5-7H2,1H3. The Labute approximate surface area is 92.8 Å². The molecule has 0 N–H and O–H groups in total. The van der Waals surface area contributed by atoms with Gasteiger partial charge in [-0.15, -0.1) is 11.6 Å². The number of rotatable bonds is 4. The molecular weight excluding hydrogens is 214 g/mol.